The maximum atomic E-state index is 5.41. The van der Waals surface area contributed by atoms with Crippen LogP contribution >= 0.6 is 11.8 Å². The van der Waals surface area contributed by atoms with Gasteiger partial charge in [-0.3, -0.25) is 0 Å². The summed E-state index contributed by atoms with van der Waals surface area (Å²) in [5.41, 5.74) is 0. The Hall–Kier alpha value is 0.0500. The summed E-state index contributed by atoms with van der Waals surface area (Å²) >= 11 is 1.86. The van der Waals surface area contributed by atoms with Gasteiger partial charge in [0.2, 0.25) is 0 Å². The number of ether oxygens (including phenoxy) is 1. The van der Waals surface area contributed by atoms with Crippen LogP contribution in [-0.4, -0.2) is 18.0 Å². The first kappa shape index (κ1) is 15.0. The van der Waals surface area contributed by atoms with E-state index in [-0.39, 0.29) is 0 Å². The first-order valence-electron chi connectivity index (χ1n) is 5.87. The average Bonchev–Trinajstić information content (AvgIpc) is 2.14. The van der Waals surface area contributed by atoms with E-state index in [1.165, 1.54) is 19.3 Å². The number of thioether (sulfide) groups is 1. The van der Waals surface area contributed by atoms with Crippen LogP contribution in [0.5, 0.6) is 0 Å². The van der Waals surface area contributed by atoms with E-state index >= 15 is 0 Å². The molecular formula is C13H26OS. The second-order valence-electron chi connectivity index (χ2n) is 4.83. The van der Waals surface area contributed by atoms with Gasteiger partial charge in [-0.2, -0.15) is 0 Å². The lowest BCUT2D eigenvalue weighted by Crippen LogP contribution is -2.08. The zero-order valence-electron chi connectivity index (χ0n) is 10.9. The van der Waals surface area contributed by atoms with E-state index in [1.807, 2.05) is 11.8 Å². The summed E-state index contributed by atoms with van der Waals surface area (Å²) in [7, 11) is 1.79. The Morgan fingerprint density at radius 2 is 1.93 bits per heavy atom. The van der Waals surface area contributed by atoms with E-state index < -0.39 is 0 Å². The molecule has 15 heavy (non-hydrogen) atoms. The van der Waals surface area contributed by atoms with Crippen LogP contribution in [0.15, 0.2) is 11.5 Å². The highest BCUT2D eigenvalue weighted by atomic mass is 32.2. The van der Waals surface area contributed by atoms with Crippen LogP contribution in [0.1, 0.15) is 53.4 Å². The van der Waals surface area contributed by atoms with Gasteiger partial charge in [-0.05, 0) is 17.9 Å². The summed E-state index contributed by atoms with van der Waals surface area (Å²) in [6, 6.07) is 0. The molecule has 0 radical (unpaired) electrons. The van der Waals surface area contributed by atoms with Gasteiger partial charge in [-0.25, -0.2) is 0 Å². The Bertz CT molecular complexity index is 170. The normalized spacial score (nSPS) is 14.7. The minimum Gasteiger partial charge on any atom is -0.377 e. The lowest BCUT2D eigenvalue weighted by atomic mass is 10.1. The molecule has 0 saturated carbocycles. The molecule has 0 amide bonds. The van der Waals surface area contributed by atoms with Gasteiger partial charge in [0, 0.05) is 11.9 Å². The van der Waals surface area contributed by atoms with Gasteiger partial charge in [0.1, 0.15) is 0 Å². The first-order valence-corrected chi connectivity index (χ1v) is 6.75. The molecule has 0 fully saturated rings. The number of hydrogen-bond acceptors (Lipinski definition) is 2. The van der Waals surface area contributed by atoms with Crippen LogP contribution < -0.4 is 0 Å². The van der Waals surface area contributed by atoms with Crippen molar-refractivity contribution in [2.75, 3.05) is 7.11 Å². The van der Waals surface area contributed by atoms with Gasteiger partial charge in [-0.1, -0.05) is 47.0 Å². The van der Waals surface area contributed by atoms with E-state index in [4.69, 9.17) is 4.74 Å². The Labute approximate surface area is 99.7 Å². The zero-order chi connectivity index (χ0) is 11.7. The third-order valence-corrected chi connectivity index (χ3v) is 3.11. The highest BCUT2D eigenvalue weighted by Crippen LogP contribution is 2.24. The zero-order valence-corrected chi connectivity index (χ0v) is 11.7. The Morgan fingerprint density at radius 3 is 2.40 bits per heavy atom. The van der Waals surface area contributed by atoms with Crippen molar-refractivity contribution in [3.05, 3.63) is 11.5 Å². The maximum Gasteiger partial charge on any atom is 0.0760 e. The molecule has 0 N–H and O–H groups in total. The van der Waals surface area contributed by atoms with Crippen molar-refractivity contribution in [2.45, 2.75) is 64.2 Å². The number of rotatable bonds is 7. The molecule has 0 aliphatic carbocycles. The van der Waals surface area contributed by atoms with Crippen molar-refractivity contribution in [1.82, 2.24) is 0 Å². The topological polar surface area (TPSA) is 9.23 Å². The van der Waals surface area contributed by atoms with Crippen molar-refractivity contribution in [3.63, 3.8) is 0 Å². The minimum absolute atomic E-state index is 0.298. The summed E-state index contributed by atoms with van der Waals surface area (Å²) < 4.78 is 5.72. The summed E-state index contributed by atoms with van der Waals surface area (Å²) in [4.78, 5) is 0. The Balaban J connectivity index is 3.77. The van der Waals surface area contributed by atoms with Gasteiger partial charge < -0.3 is 4.74 Å². The smallest absolute Gasteiger partial charge is 0.0760 e. The third-order valence-electron chi connectivity index (χ3n) is 2.11. The molecule has 0 bridgehead atoms. The fraction of sp³-hybridized carbons (Fsp3) is 0.846. The molecule has 0 spiro atoms. The lowest BCUT2D eigenvalue weighted by Gasteiger charge is -2.15. The standard InChI is InChI=1S/C13H26OS/c1-6-7-8-9-12(14-5)10-11-15-13(2,3)4/h10-12H,6-9H2,1-5H3/b11-10+. The molecule has 0 aromatic rings. The molecule has 0 aliphatic rings. The van der Waals surface area contributed by atoms with Crippen LogP contribution in [0.2, 0.25) is 0 Å². The van der Waals surface area contributed by atoms with Crippen LogP contribution in [0.4, 0.5) is 0 Å². The van der Waals surface area contributed by atoms with E-state index in [0.29, 0.717) is 10.9 Å². The molecule has 0 aromatic heterocycles. The van der Waals surface area contributed by atoms with E-state index in [1.54, 1.807) is 7.11 Å². The number of unbranched alkanes of at least 4 members (excludes halogenated alkanes) is 2. The summed E-state index contributed by atoms with van der Waals surface area (Å²) in [5, 5.41) is 2.18. The monoisotopic (exact) mass is 230 g/mol. The van der Waals surface area contributed by atoms with Crippen molar-refractivity contribution in [2.24, 2.45) is 0 Å². The fourth-order valence-corrected chi connectivity index (χ4v) is 1.88. The van der Waals surface area contributed by atoms with Crippen LogP contribution in [0.3, 0.4) is 0 Å². The quantitative estimate of drug-likeness (QED) is 0.590. The van der Waals surface area contributed by atoms with Crippen LogP contribution in [0.25, 0.3) is 0 Å². The molecule has 0 rings (SSSR count). The molecule has 0 saturated heterocycles. The predicted molar refractivity (Wildman–Crippen MR) is 71.4 cm³/mol. The van der Waals surface area contributed by atoms with E-state index in [9.17, 15) is 0 Å². The first-order chi connectivity index (χ1) is 6.99. The number of hydrogen-bond donors (Lipinski definition) is 0. The Morgan fingerprint density at radius 1 is 1.27 bits per heavy atom. The highest BCUT2D eigenvalue weighted by molar-refractivity contribution is 8.03. The van der Waals surface area contributed by atoms with Crippen molar-refractivity contribution < 1.29 is 4.74 Å². The van der Waals surface area contributed by atoms with Crippen LogP contribution in [-0.2, 0) is 4.74 Å². The highest BCUT2D eigenvalue weighted by Gasteiger charge is 2.08. The van der Waals surface area contributed by atoms with E-state index in [0.717, 1.165) is 6.42 Å². The number of methoxy groups -OCH3 is 1. The molecule has 0 aliphatic heterocycles. The minimum atomic E-state index is 0.298. The molecule has 90 valence electrons. The van der Waals surface area contributed by atoms with Crippen molar-refractivity contribution in [3.8, 4) is 0 Å². The third kappa shape index (κ3) is 10.3. The summed E-state index contributed by atoms with van der Waals surface area (Å²) in [6.45, 7) is 8.90. The predicted octanol–water partition coefficient (Wildman–Crippen LogP) is 4.63. The second-order valence-corrected chi connectivity index (χ2v) is 6.56. The fourth-order valence-electron chi connectivity index (χ4n) is 1.22. The van der Waals surface area contributed by atoms with E-state index in [2.05, 4.69) is 39.2 Å². The van der Waals surface area contributed by atoms with Crippen LogP contribution in [0, 0.1) is 0 Å². The van der Waals surface area contributed by atoms with Crippen molar-refractivity contribution >= 4 is 11.8 Å². The van der Waals surface area contributed by atoms with Gasteiger partial charge in [0.25, 0.3) is 0 Å². The molecule has 0 aromatic carbocycles. The van der Waals surface area contributed by atoms with Gasteiger partial charge in [0.15, 0.2) is 0 Å². The molecule has 1 unspecified atom stereocenters. The lowest BCUT2D eigenvalue weighted by molar-refractivity contribution is 0.131. The largest absolute Gasteiger partial charge is 0.377 e. The van der Waals surface area contributed by atoms with Gasteiger partial charge in [0.05, 0.1) is 6.10 Å². The average molecular weight is 230 g/mol. The molecule has 1 nitrogen and oxygen atoms in total. The van der Waals surface area contributed by atoms with Gasteiger partial charge in [-0.15, -0.1) is 11.8 Å². The molecular weight excluding hydrogens is 204 g/mol. The maximum absolute atomic E-state index is 5.41. The summed E-state index contributed by atoms with van der Waals surface area (Å²) in [6.07, 6.45) is 7.47. The molecule has 1 atom stereocenters. The SMILES string of the molecule is CCCCCC(/C=C/SC(C)(C)C)OC. The summed E-state index contributed by atoms with van der Waals surface area (Å²) in [5.74, 6) is 0. The molecule has 2 heteroatoms. The van der Waals surface area contributed by atoms with Crippen molar-refractivity contribution in [1.29, 1.82) is 0 Å². The molecule has 0 heterocycles. The van der Waals surface area contributed by atoms with Gasteiger partial charge >= 0.3 is 0 Å². The second kappa shape index (κ2) is 8.23. The Kier molecular flexibility index (Phi) is 8.26.